The molecule has 7 amide bonds. The van der Waals surface area contributed by atoms with Gasteiger partial charge in [-0.05, 0) is 165 Å². The maximum absolute atomic E-state index is 15.1. The lowest BCUT2D eigenvalue weighted by molar-refractivity contribution is -0.139. The number of aliphatic carboxylic acids is 1. The van der Waals surface area contributed by atoms with Crippen LogP contribution in [0.4, 0.5) is 36.7 Å². The summed E-state index contributed by atoms with van der Waals surface area (Å²) >= 11 is 0. The molecule has 9 heterocycles. The highest BCUT2D eigenvalue weighted by Crippen LogP contribution is 2.44. The molecule has 6 fully saturated rings. The average Bonchev–Trinajstić information content (AvgIpc) is 1.61. The van der Waals surface area contributed by atoms with Crippen LogP contribution in [0.2, 0.25) is 0 Å². The third kappa shape index (κ3) is 21.7. The lowest BCUT2D eigenvalue weighted by atomic mass is 9.90. The second kappa shape index (κ2) is 41.3. The van der Waals surface area contributed by atoms with Gasteiger partial charge in [-0.1, -0.05) is 171 Å². The van der Waals surface area contributed by atoms with Gasteiger partial charge in [0.05, 0.1) is 83.4 Å². The number of rotatable bonds is 22. The number of imidazole rings is 2. The first-order valence-corrected chi connectivity index (χ1v) is 44.8. The van der Waals surface area contributed by atoms with Crippen LogP contribution in [0.1, 0.15) is 148 Å². The first-order chi connectivity index (χ1) is 64.4. The van der Waals surface area contributed by atoms with Crippen molar-refractivity contribution < 1.29 is 89.4 Å². The summed E-state index contributed by atoms with van der Waals surface area (Å²) in [7, 11) is 4.87. The number of methoxy groups -OCH3 is 4. The Kier molecular flexibility index (Phi) is 28.7. The van der Waals surface area contributed by atoms with Crippen LogP contribution >= 0.6 is 0 Å². The number of nitrogens with one attached hydrogen (secondary N) is 6. The molecule has 692 valence electrons. The summed E-state index contributed by atoms with van der Waals surface area (Å²) in [6, 6.07) is 53.1. The van der Waals surface area contributed by atoms with Crippen molar-refractivity contribution in [2.24, 2.45) is 21.8 Å². The molecule has 8 aliphatic rings. The number of likely N-dealkylation sites (tertiary alicyclic amines) is 3. The number of fused-ring (bicyclic) bond motifs is 2. The minimum Gasteiger partial charge on any atom is -0.479 e. The molecule has 0 unspecified atom stereocenters. The fourth-order valence-corrected chi connectivity index (χ4v) is 19.1. The number of carbonyl (C=O) groups is 8. The SMILES string of the molecule is COC(=O)N[C@@H](C(=O)O)c1ccccc1.COC(=O)N[C@H](C(=O)N1CC(F)(F)C[C@H]1C1=NC=C(c2ccc(-c3ccc4cc(-c5cnc(C6CCCC6)[nH]5)ccc4c3)cc2)C1)C1CCOCC1.COC(=O)N[C@H](C(=O)N1CC(F)(F)C[C@H]1C1=NC=C(c2ccc(-c3ccc4cc(-c5cnc([C@@H]6CCCN6C(=O)[C@H](NC(=O)OC)c6ccccc6)[nH]5)ccc4c3)cc2)C1)C1CCOCC1. The molecule has 18 rings (SSSR count). The highest BCUT2D eigenvalue weighted by molar-refractivity contribution is 6.06. The number of carboxylic acid groups (broad SMARTS) is 1. The van der Waals surface area contributed by atoms with Gasteiger partial charge in [0.25, 0.3) is 17.8 Å². The molecule has 0 spiro atoms. The minimum atomic E-state index is -3.11. The number of ether oxygens (including phenoxy) is 6. The summed E-state index contributed by atoms with van der Waals surface area (Å²) in [5.74, 6) is -6.85. The second-order valence-electron chi connectivity index (χ2n) is 34.7. The topological polar surface area (TPSA) is 352 Å². The highest BCUT2D eigenvalue weighted by atomic mass is 19.3. The first-order valence-electron chi connectivity index (χ1n) is 44.8. The van der Waals surface area contributed by atoms with Crippen LogP contribution in [0.25, 0.3) is 77.5 Å². The van der Waals surface area contributed by atoms with Crippen molar-refractivity contribution in [2.45, 2.75) is 150 Å². The number of carbonyl (C=O) groups excluding carboxylic acids is 7. The standard InChI is InChI=1S/C50H51F2N7O7.C41H43F2N5O4.C10H11NO4/c1-64-48(62)56-43(32-7-4-3-5-8-32)46(60)58-20-6-9-41(58)45-54-28-40(55-45)37-17-16-35-23-34(14-15-36(35)24-37)30-10-12-31(13-11-30)38-25-39(53-27-38)42-26-50(51,52)29-59(42)47(61)44(57-49(63)65-2)33-18-21-66-22-19-33;1-51-40(50)47-37(27-14-16-52-17-15-27)39(49)48-24-41(42,43)21-36(48)34-20-33(22-44-34)26-8-6-25(7-9-26)29-10-11-31-19-32(13-12-30(31)18-29)35-23-45-38(46-35)28-4-2-3-5-28;1-15-10(14)11-8(9(12)13)7-5-3-2-4-6-7/h3-5,7-8,10-17,23-24,27-28,33,41-44H,6,9,18-22,25-26,29H2,1-2H3,(H,54,55)(H,56,62)(H,57,63);6-13,18-19,22-23,27-28,36-37H,2-5,14-17,20-21,24H2,1H3,(H,45,46)(H,47,50);2-6,8H,1H3,(H,11,14)(H,12,13)/t41-,42-,43+,44-;36-,37-;8-/m001/s1. The molecule has 32 heteroatoms. The van der Waals surface area contributed by atoms with E-state index < -0.39 is 116 Å². The minimum absolute atomic E-state index is 0.231. The number of aromatic amines is 2. The normalized spacial score (nSPS) is 19.7. The average molecular weight is 1820 g/mol. The van der Waals surface area contributed by atoms with E-state index in [1.807, 2.05) is 66.9 Å². The number of allylic oxidation sites excluding steroid dienone is 2. The molecule has 0 radical (unpaired) electrons. The predicted octanol–water partition coefficient (Wildman–Crippen LogP) is 17.5. The van der Waals surface area contributed by atoms with Gasteiger partial charge in [-0.2, -0.15) is 0 Å². The quantitative estimate of drug-likeness (QED) is 0.0245. The van der Waals surface area contributed by atoms with Crippen molar-refractivity contribution in [2.75, 3.05) is 74.5 Å². The van der Waals surface area contributed by atoms with E-state index in [0.29, 0.717) is 106 Å². The number of hydrogen-bond donors (Lipinski definition) is 7. The van der Waals surface area contributed by atoms with Gasteiger partial charge < -0.3 is 79.5 Å². The molecule has 2 aromatic heterocycles. The van der Waals surface area contributed by atoms with Crippen molar-refractivity contribution in [3.63, 3.8) is 0 Å². The largest absolute Gasteiger partial charge is 0.479 e. The van der Waals surface area contributed by atoms with Crippen molar-refractivity contribution in [3.05, 3.63) is 241 Å². The van der Waals surface area contributed by atoms with E-state index in [-0.39, 0.29) is 23.8 Å². The summed E-state index contributed by atoms with van der Waals surface area (Å²) in [4.78, 5) is 130. The Morgan fingerprint density at radius 3 is 1.23 bits per heavy atom. The van der Waals surface area contributed by atoms with Crippen LogP contribution in [0.5, 0.6) is 0 Å². The molecule has 28 nitrogen and oxygen atoms in total. The monoisotopic (exact) mass is 1820 g/mol. The summed E-state index contributed by atoms with van der Waals surface area (Å²) < 4.78 is 89.7. The molecule has 1 aliphatic carbocycles. The van der Waals surface area contributed by atoms with Crippen molar-refractivity contribution >= 4 is 92.2 Å². The van der Waals surface area contributed by atoms with Gasteiger partial charge in [-0.25, -0.2) is 51.5 Å². The van der Waals surface area contributed by atoms with Crippen molar-refractivity contribution in [3.8, 4) is 44.8 Å². The zero-order valence-electron chi connectivity index (χ0n) is 74.1. The van der Waals surface area contributed by atoms with Gasteiger partial charge in [-0.15, -0.1) is 0 Å². The third-order valence-electron chi connectivity index (χ3n) is 26.2. The Labute approximate surface area is 765 Å². The Hall–Kier alpha value is -13.9. The number of carboxylic acids is 1. The summed E-state index contributed by atoms with van der Waals surface area (Å²) in [6.07, 6.45) is 12.3. The zero-order valence-corrected chi connectivity index (χ0v) is 74.1. The fraction of sp³-hybridized carbons (Fsp3) is 0.366. The molecule has 7 aliphatic heterocycles. The summed E-state index contributed by atoms with van der Waals surface area (Å²) in [5, 5.41) is 23.4. The molecule has 1 saturated carbocycles. The molecule has 8 aromatic carbocycles. The lowest BCUT2D eigenvalue weighted by Gasteiger charge is -2.34. The number of amides is 7. The first kappa shape index (κ1) is 92.4. The molecular formula is C101H105F4N13O15. The van der Waals surface area contributed by atoms with Crippen LogP contribution in [0.3, 0.4) is 0 Å². The predicted molar refractivity (Wildman–Crippen MR) is 492 cm³/mol. The van der Waals surface area contributed by atoms with E-state index in [1.165, 1.54) is 63.9 Å². The number of H-pyrrole nitrogens is 2. The van der Waals surface area contributed by atoms with Crippen LogP contribution in [-0.4, -0.2) is 210 Å². The van der Waals surface area contributed by atoms with Crippen molar-refractivity contribution in [1.29, 1.82) is 0 Å². The highest BCUT2D eigenvalue weighted by Gasteiger charge is 2.54. The summed E-state index contributed by atoms with van der Waals surface area (Å²) in [5.41, 5.74) is 13.9. The van der Waals surface area contributed by atoms with Gasteiger partial charge in [0, 0.05) is 99.5 Å². The van der Waals surface area contributed by atoms with Gasteiger partial charge in [-0.3, -0.25) is 24.4 Å². The molecule has 7 N–H and O–H groups in total. The van der Waals surface area contributed by atoms with E-state index in [4.69, 9.17) is 33.8 Å². The molecule has 7 atom stereocenters. The number of halogens is 4. The number of benzene rings is 8. The lowest BCUT2D eigenvalue weighted by Crippen LogP contribution is -2.55. The Balaban J connectivity index is 0.000000171. The van der Waals surface area contributed by atoms with E-state index in [2.05, 4.69) is 130 Å². The third-order valence-corrected chi connectivity index (χ3v) is 26.2. The maximum Gasteiger partial charge on any atom is 0.407 e. The number of alkyl halides is 4. The van der Waals surface area contributed by atoms with E-state index >= 15 is 8.78 Å². The van der Waals surface area contributed by atoms with Gasteiger partial charge in [0.15, 0.2) is 6.04 Å². The number of hydrogen-bond acceptors (Lipinski definition) is 18. The van der Waals surface area contributed by atoms with Gasteiger partial charge >= 0.3 is 30.3 Å². The Bertz CT molecular complexity index is 6050. The second-order valence-corrected chi connectivity index (χ2v) is 34.7. The Morgan fingerprint density at radius 2 is 0.797 bits per heavy atom. The number of alkyl carbamates (subject to hydrolysis) is 4. The van der Waals surface area contributed by atoms with Gasteiger partial charge in [0.1, 0.15) is 29.8 Å². The summed E-state index contributed by atoms with van der Waals surface area (Å²) in [6.45, 7) is 0.756. The molecule has 0 bridgehead atoms. The number of aliphatic imine (C=N–C) groups is 2. The van der Waals surface area contributed by atoms with Crippen molar-refractivity contribution in [1.82, 2.24) is 55.9 Å². The van der Waals surface area contributed by atoms with Crippen LogP contribution in [0, 0.1) is 11.8 Å². The number of aromatic nitrogens is 4. The van der Waals surface area contributed by atoms with Gasteiger partial charge in [0.2, 0.25) is 11.8 Å². The molecule has 10 aromatic rings. The fourth-order valence-electron chi connectivity index (χ4n) is 19.1. The van der Waals surface area contributed by atoms with E-state index in [9.17, 15) is 47.1 Å². The smallest absolute Gasteiger partial charge is 0.407 e. The van der Waals surface area contributed by atoms with E-state index in [0.717, 1.165) is 107 Å². The van der Waals surface area contributed by atoms with Crippen LogP contribution in [0.15, 0.2) is 217 Å². The zero-order chi connectivity index (χ0) is 93.0. The number of nitrogens with zero attached hydrogens (tertiary/aromatic N) is 7. The van der Waals surface area contributed by atoms with E-state index in [1.54, 1.807) is 66.0 Å². The van der Waals surface area contributed by atoms with Crippen LogP contribution < -0.4 is 21.3 Å². The van der Waals surface area contributed by atoms with Crippen LogP contribution in [-0.2, 0) is 47.6 Å². The molecular weight excluding hydrogens is 1710 g/mol. The molecule has 5 saturated heterocycles. The Morgan fingerprint density at radius 1 is 0.421 bits per heavy atom. The maximum atomic E-state index is 15.1. The molecule has 133 heavy (non-hydrogen) atoms.